The Kier molecular flexibility index (Phi) is 4.85. The molecule has 28 heavy (non-hydrogen) atoms. The zero-order chi connectivity index (χ0) is 19.7. The molecule has 0 aliphatic rings. The van der Waals surface area contributed by atoms with Crippen molar-refractivity contribution in [1.82, 2.24) is 0 Å². The van der Waals surface area contributed by atoms with Crippen LogP contribution in [0.25, 0.3) is 50.7 Å². The van der Waals surface area contributed by atoms with Crippen LogP contribution < -0.4 is 0 Å². The maximum atomic E-state index is 4.11. The molecule has 1 aromatic heterocycles. The first kappa shape index (κ1) is 18.2. The van der Waals surface area contributed by atoms with Gasteiger partial charge in [0.2, 0.25) is 0 Å². The van der Waals surface area contributed by atoms with E-state index >= 15 is 0 Å². The third-order valence-corrected chi connectivity index (χ3v) is 6.22. The Labute approximate surface area is 170 Å². The summed E-state index contributed by atoms with van der Waals surface area (Å²) in [4.78, 5) is 0. The Bertz CT molecular complexity index is 1260. The van der Waals surface area contributed by atoms with Gasteiger partial charge < -0.3 is 0 Å². The van der Waals surface area contributed by atoms with Gasteiger partial charge in [0.1, 0.15) is 0 Å². The van der Waals surface area contributed by atoms with Crippen molar-refractivity contribution in [2.45, 2.75) is 6.92 Å². The monoisotopic (exact) mass is 378 g/mol. The summed E-state index contributed by atoms with van der Waals surface area (Å²) < 4.78 is 1.31. The average Bonchev–Trinajstić information content (AvgIpc) is 3.17. The van der Waals surface area contributed by atoms with Crippen molar-refractivity contribution in [2.24, 2.45) is 0 Å². The Morgan fingerprint density at radius 2 is 1.25 bits per heavy atom. The highest BCUT2D eigenvalue weighted by atomic mass is 32.1. The van der Waals surface area contributed by atoms with Gasteiger partial charge in [-0.3, -0.25) is 0 Å². The first-order valence-corrected chi connectivity index (χ1v) is 10.2. The molecule has 136 valence electrons. The molecule has 0 atom stereocenters. The first-order valence-electron chi connectivity index (χ1n) is 9.30. The quantitative estimate of drug-likeness (QED) is 0.326. The molecule has 0 nitrogen and oxygen atoms in total. The largest absolute Gasteiger partial charge is 0.143 e. The summed E-state index contributed by atoms with van der Waals surface area (Å²) in [7, 11) is 0. The minimum Gasteiger partial charge on any atom is -0.143 e. The highest BCUT2D eigenvalue weighted by molar-refractivity contribution is 7.17. The molecule has 1 heterocycles. The molecule has 0 spiro atoms. The molecule has 1 heteroatoms. The van der Waals surface area contributed by atoms with Crippen LogP contribution in [-0.4, -0.2) is 0 Å². The fourth-order valence-corrected chi connectivity index (χ4v) is 4.95. The van der Waals surface area contributed by atoms with Crippen molar-refractivity contribution in [3.63, 3.8) is 0 Å². The van der Waals surface area contributed by atoms with Crippen molar-refractivity contribution >= 4 is 62.1 Å². The second kappa shape index (κ2) is 7.46. The van der Waals surface area contributed by atoms with Gasteiger partial charge in [0.15, 0.2) is 0 Å². The van der Waals surface area contributed by atoms with E-state index < -0.39 is 0 Å². The van der Waals surface area contributed by atoms with Crippen LogP contribution in [0, 0.1) is 0 Å². The van der Waals surface area contributed by atoms with Crippen molar-refractivity contribution < 1.29 is 0 Å². The van der Waals surface area contributed by atoms with Gasteiger partial charge >= 0.3 is 0 Å². The van der Waals surface area contributed by atoms with E-state index in [-0.39, 0.29) is 0 Å². The SMILES string of the molecule is C=Cc1c(/C=C(\C)c2csc3ccccc23)c(C=C)c2ccccc2c1C=C. The van der Waals surface area contributed by atoms with E-state index in [9.17, 15) is 0 Å². The maximum Gasteiger partial charge on any atom is 0.0349 e. The lowest BCUT2D eigenvalue weighted by Gasteiger charge is -2.16. The summed E-state index contributed by atoms with van der Waals surface area (Å²) in [5.41, 5.74) is 7.00. The van der Waals surface area contributed by atoms with Crippen molar-refractivity contribution in [1.29, 1.82) is 0 Å². The number of rotatable bonds is 5. The molecule has 0 saturated heterocycles. The number of hydrogen-bond donors (Lipinski definition) is 0. The molecule has 0 N–H and O–H groups in total. The van der Waals surface area contributed by atoms with E-state index in [2.05, 4.69) is 86.6 Å². The van der Waals surface area contributed by atoms with Gasteiger partial charge in [0, 0.05) is 4.70 Å². The third-order valence-electron chi connectivity index (χ3n) is 5.26. The zero-order valence-electron chi connectivity index (χ0n) is 16.0. The Hall–Kier alpha value is -3.16. The second-order valence-electron chi connectivity index (χ2n) is 6.79. The molecule has 0 fully saturated rings. The highest BCUT2D eigenvalue weighted by Crippen LogP contribution is 2.37. The zero-order valence-corrected chi connectivity index (χ0v) is 16.9. The predicted molar refractivity (Wildman–Crippen MR) is 130 cm³/mol. The first-order chi connectivity index (χ1) is 13.7. The average molecular weight is 379 g/mol. The summed E-state index contributed by atoms with van der Waals surface area (Å²) in [5, 5.41) is 5.91. The smallest absolute Gasteiger partial charge is 0.0349 e. The lowest BCUT2D eigenvalue weighted by Crippen LogP contribution is -1.95. The number of fused-ring (bicyclic) bond motifs is 2. The molecule has 3 aromatic carbocycles. The van der Waals surface area contributed by atoms with Crippen LogP contribution in [-0.2, 0) is 0 Å². The van der Waals surface area contributed by atoms with E-state index in [1.165, 1.54) is 32.0 Å². The Balaban J connectivity index is 2.05. The van der Waals surface area contributed by atoms with E-state index in [0.29, 0.717) is 0 Å². The molecule has 0 bridgehead atoms. The maximum absolute atomic E-state index is 4.11. The standard InChI is InChI=1S/C27H22S/c1-5-19-20(6-2)25(21(7-3)23-13-9-8-12-22(19)23)16-18(4)26-17-28-27-15-11-10-14-24(26)27/h5-17H,1-3H2,4H3/b18-16+. The molecule has 4 rings (SSSR count). The predicted octanol–water partition coefficient (Wildman–Crippen LogP) is 8.54. The Morgan fingerprint density at radius 3 is 1.86 bits per heavy atom. The summed E-state index contributed by atoms with van der Waals surface area (Å²) in [6.45, 7) is 14.4. The number of benzene rings is 3. The molecule has 0 aliphatic heterocycles. The lowest BCUT2D eigenvalue weighted by atomic mass is 9.87. The van der Waals surface area contributed by atoms with Gasteiger partial charge in [-0.1, -0.05) is 86.5 Å². The number of hydrogen-bond acceptors (Lipinski definition) is 1. The summed E-state index contributed by atoms with van der Waals surface area (Å²) in [5.74, 6) is 0. The minimum atomic E-state index is 1.10. The van der Waals surface area contributed by atoms with Crippen LogP contribution in [0.1, 0.15) is 34.7 Å². The lowest BCUT2D eigenvalue weighted by molar-refractivity contribution is 1.59. The fourth-order valence-electron chi connectivity index (χ4n) is 3.93. The van der Waals surface area contributed by atoms with Gasteiger partial charge in [-0.25, -0.2) is 0 Å². The van der Waals surface area contributed by atoms with Crippen LogP contribution in [0.5, 0.6) is 0 Å². The van der Waals surface area contributed by atoms with Crippen molar-refractivity contribution in [2.75, 3.05) is 0 Å². The number of thiophene rings is 1. The summed E-state index contributed by atoms with van der Waals surface area (Å²) in [6.07, 6.45) is 8.08. The van der Waals surface area contributed by atoms with E-state index in [1.54, 1.807) is 11.3 Å². The van der Waals surface area contributed by atoms with Crippen LogP contribution >= 0.6 is 11.3 Å². The molecular weight excluding hydrogens is 356 g/mol. The second-order valence-corrected chi connectivity index (χ2v) is 7.70. The van der Waals surface area contributed by atoms with E-state index in [4.69, 9.17) is 0 Å². The Morgan fingerprint density at radius 1 is 0.714 bits per heavy atom. The minimum absolute atomic E-state index is 1.10. The number of allylic oxidation sites excluding steroid dienone is 1. The molecule has 4 aromatic rings. The molecule has 0 amide bonds. The molecule has 0 saturated carbocycles. The van der Waals surface area contributed by atoms with Gasteiger partial charge in [-0.15, -0.1) is 11.3 Å². The molecular formula is C27H22S. The van der Waals surface area contributed by atoms with E-state index in [0.717, 1.165) is 22.3 Å². The van der Waals surface area contributed by atoms with Gasteiger partial charge in [0.05, 0.1) is 0 Å². The fraction of sp³-hybridized carbons (Fsp3) is 0.0370. The topological polar surface area (TPSA) is 0 Å². The third kappa shape index (κ3) is 2.85. The van der Waals surface area contributed by atoms with Crippen molar-refractivity contribution in [3.05, 3.63) is 101 Å². The van der Waals surface area contributed by atoms with Crippen LogP contribution in [0.3, 0.4) is 0 Å². The van der Waals surface area contributed by atoms with Gasteiger partial charge in [-0.05, 0) is 67.9 Å². The van der Waals surface area contributed by atoms with Crippen LogP contribution in [0.15, 0.2) is 73.6 Å². The molecule has 0 radical (unpaired) electrons. The van der Waals surface area contributed by atoms with Crippen molar-refractivity contribution in [3.8, 4) is 0 Å². The summed E-state index contributed by atoms with van der Waals surface area (Å²) >= 11 is 1.79. The van der Waals surface area contributed by atoms with Gasteiger partial charge in [-0.2, -0.15) is 0 Å². The van der Waals surface area contributed by atoms with E-state index in [1.807, 2.05) is 18.2 Å². The molecule has 0 unspecified atom stereocenters. The summed E-state index contributed by atoms with van der Waals surface area (Å²) in [6, 6.07) is 17.0. The molecule has 0 aliphatic carbocycles. The van der Waals surface area contributed by atoms with Crippen LogP contribution in [0.2, 0.25) is 0 Å². The highest BCUT2D eigenvalue weighted by Gasteiger charge is 2.14. The van der Waals surface area contributed by atoms with Crippen LogP contribution in [0.4, 0.5) is 0 Å². The normalized spacial score (nSPS) is 11.7. The van der Waals surface area contributed by atoms with Gasteiger partial charge in [0.25, 0.3) is 0 Å².